The molecule has 2 N–H and O–H groups in total. The van der Waals surface area contributed by atoms with Gasteiger partial charge in [-0.15, -0.1) is 0 Å². The maximum absolute atomic E-state index is 10.3. The number of rotatable bonds is 4. The zero-order valence-electron chi connectivity index (χ0n) is 8.90. The van der Waals surface area contributed by atoms with Gasteiger partial charge in [0.15, 0.2) is 0 Å². The van der Waals surface area contributed by atoms with Crippen LogP contribution in [-0.2, 0) is 10.3 Å². The van der Waals surface area contributed by atoms with Crippen molar-refractivity contribution < 1.29 is 9.90 Å². The van der Waals surface area contributed by atoms with Crippen molar-refractivity contribution in [1.29, 1.82) is 0 Å². The standard InChI is InChI=1S/C12H15NO2/c1-12(2,13-9-8-11(14)15)10-6-4-3-5-7-10/h3-9,13H,1-2H3,(H,14,15)/b9-8+. The van der Waals surface area contributed by atoms with E-state index in [0.717, 1.165) is 11.6 Å². The van der Waals surface area contributed by atoms with Crippen LogP contribution >= 0.6 is 0 Å². The fourth-order valence-corrected chi connectivity index (χ4v) is 1.26. The molecule has 1 aromatic rings. The van der Waals surface area contributed by atoms with Gasteiger partial charge < -0.3 is 10.4 Å². The number of hydrogen-bond donors (Lipinski definition) is 2. The Kier molecular flexibility index (Phi) is 3.50. The summed E-state index contributed by atoms with van der Waals surface area (Å²) in [6.07, 6.45) is 2.54. The van der Waals surface area contributed by atoms with E-state index in [2.05, 4.69) is 5.32 Å². The van der Waals surface area contributed by atoms with Gasteiger partial charge in [0.05, 0.1) is 5.54 Å². The van der Waals surface area contributed by atoms with Gasteiger partial charge >= 0.3 is 5.97 Å². The lowest BCUT2D eigenvalue weighted by Crippen LogP contribution is -2.32. The minimum absolute atomic E-state index is 0.271. The smallest absolute Gasteiger partial charge is 0.329 e. The molecule has 3 nitrogen and oxygen atoms in total. The van der Waals surface area contributed by atoms with Crippen molar-refractivity contribution in [2.45, 2.75) is 19.4 Å². The summed E-state index contributed by atoms with van der Waals surface area (Å²) < 4.78 is 0. The molecule has 0 aliphatic rings. The monoisotopic (exact) mass is 205 g/mol. The minimum atomic E-state index is -0.952. The maximum atomic E-state index is 10.3. The summed E-state index contributed by atoms with van der Waals surface area (Å²) in [5.41, 5.74) is 0.841. The second kappa shape index (κ2) is 4.64. The number of aliphatic carboxylic acids is 1. The van der Waals surface area contributed by atoms with Crippen LogP contribution in [0.4, 0.5) is 0 Å². The molecule has 0 saturated heterocycles. The predicted octanol–water partition coefficient (Wildman–Crippen LogP) is 2.11. The Bertz CT molecular complexity index is 355. The van der Waals surface area contributed by atoms with Crippen molar-refractivity contribution in [3.63, 3.8) is 0 Å². The largest absolute Gasteiger partial charge is 0.478 e. The second-order valence-corrected chi connectivity index (χ2v) is 3.81. The van der Waals surface area contributed by atoms with E-state index in [-0.39, 0.29) is 5.54 Å². The molecule has 0 unspecified atom stereocenters. The van der Waals surface area contributed by atoms with Gasteiger partial charge in [0.2, 0.25) is 0 Å². The highest BCUT2D eigenvalue weighted by molar-refractivity contribution is 5.79. The van der Waals surface area contributed by atoms with E-state index < -0.39 is 5.97 Å². The fraction of sp³-hybridized carbons (Fsp3) is 0.250. The molecule has 0 heterocycles. The summed E-state index contributed by atoms with van der Waals surface area (Å²) in [7, 11) is 0. The highest BCUT2D eigenvalue weighted by Gasteiger charge is 2.17. The fourth-order valence-electron chi connectivity index (χ4n) is 1.26. The van der Waals surface area contributed by atoms with Crippen molar-refractivity contribution in [3.05, 3.63) is 48.2 Å². The van der Waals surface area contributed by atoms with Crippen molar-refractivity contribution in [1.82, 2.24) is 5.32 Å². The van der Waals surface area contributed by atoms with Gasteiger partial charge in [0, 0.05) is 12.3 Å². The molecule has 0 fully saturated rings. The van der Waals surface area contributed by atoms with E-state index in [4.69, 9.17) is 5.11 Å². The third-order valence-corrected chi connectivity index (χ3v) is 2.17. The topological polar surface area (TPSA) is 49.3 Å². The first-order chi connectivity index (χ1) is 7.02. The third-order valence-electron chi connectivity index (χ3n) is 2.17. The van der Waals surface area contributed by atoms with Gasteiger partial charge in [-0.05, 0) is 19.4 Å². The molecule has 1 aromatic carbocycles. The molecule has 0 spiro atoms. The van der Waals surface area contributed by atoms with Gasteiger partial charge in [-0.1, -0.05) is 30.3 Å². The van der Waals surface area contributed by atoms with E-state index in [1.165, 1.54) is 6.20 Å². The number of carbonyl (C=O) groups is 1. The number of carboxylic acids is 1. The Balaban J connectivity index is 2.71. The highest BCUT2D eigenvalue weighted by Crippen LogP contribution is 2.18. The van der Waals surface area contributed by atoms with E-state index in [1.807, 2.05) is 44.2 Å². The molecule has 1 rings (SSSR count). The highest BCUT2D eigenvalue weighted by atomic mass is 16.4. The molecule has 0 aromatic heterocycles. The molecule has 0 radical (unpaired) electrons. The van der Waals surface area contributed by atoms with Crippen molar-refractivity contribution >= 4 is 5.97 Å². The Hall–Kier alpha value is -1.77. The van der Waals surface area contributed by atoms with Crippen LogP contribution in [0.25, 0.3) is 0 Å². The molecule has 80 valence electrons. The van der Waals surface area contributed by atoms with Crippen LogP contribution in [0.15, 0.2) is 42.6 Å². The second-order valence-electron chi connectivity index (χ2n) is 3.81. The Labute approximate surface area is 89.4 Å². The molecule has 0 aliphatic heterocycles. The molecule has 0 saturated carbocycles. The molecule has 0 atom stereocenters. The normalized spacial score (nSPS) is 11.6. The third kappa shape index (κ3) is 3.46. The van der Waals surface area contributed by atoms with Crippen molar-refractivity contribution in [2.75, 3.05) is 0 Å². The first kappa shape index (κ1) is 11.3. The Morgan fingerprint density at radius 3 is 2.47 bits per heavy atom. The van der Waals surface area contributed by atoms with Crippen LogP contribution in [0, 0.1) is 0 Å². The zero-order valence-corrected chi connectivity index (χ0v) is 8.90. The van der Waals surface area contributed by atoms with Gasteiger partial charge in [-0.3, -0.25) is 0 Å². The summed E-state index contributed by atoms with van der Waals surface area (Å²) in [4.78, 5) is 10.3. The summed E-state index contributed by atoms with van der Waals surface area (Å²) in [6.45, 7) is 3.99. The van der Waals surface area contributed by atoms with Gasteiger partial charge in [0.25, 0.3) is 0 Å². The van der Waals surface area contributed by atoms with E-state index in [1.54, 1.807) is 0 Å². The van der Waals surface area contributed by atoms with Crippen LogP contribution in [0.2, 0.25) is 0 Å². The van der Waals surface area contributed by atoms with E-state index in [0.29, 0.717) is 0 Å². The van der Waals surface area contributed by atoms with Gasteiger partial charge in [-0.25, -0.2) is 4.79 Å². The molecule has 0 bridgehead atoms. The van der Waals surface area contributed by atoms with Crippen LogP contribution in [0.5, 0.6) is 0 Å². The van der Waals surface area contributed by atoms with Crippen LogP contribution in [0.3, 0.4) is 0 Å². The lowest BCUT2D eigenvalue weighted by Gasteiger charge is -2.25. The lowest BCUT2D eigenvalue weighted by molar-refractivity contribution is -0.131. The molecule has 0 aliphatic carbocycles. The number of hydrogen-bond acceptors (Lipinski definition) is 2. The first-order valence-corrected chi connectivity index (χ1v) is 4.75. The minimum Gasteiger partial charge on any atom is -0.478 e. The number of carboxylic acid groups (broad SMARTS) is 1. The number of benzene rings is 1. The first-order valence-electron chi connectivity index (χ1n) is 4.75. The maximum Gasteiger partial charge on any atom is 0.329 e. The Morgan fingerprint density at radius 2 is 1.93 bits per heavy atom. The van der Waals surface area contributed by atoms with Crippen LogP contribution in [0.1, 0.15) is 19.4 Å². The Morgan fingerprint density at radius 1 is 1.33 bits per heavy atom. The summed E-state index contributed by atoms with van der Waals surface area (Å²) >= 11 is 0. The van der Waals surface area contributed by atoms with Crippen molar-refractivity contribution in [2.24, 2.45) is 0 Å². The molecule has 3 heteroatoms. The average Bonchev–Trinajstić information content (AvgIpc) is 2.18. The predicted molar refractivity (Wildman–Crippen MR) is 59.4 cm³/mol. The summed E-state index contributed by atoms with van der Waals surface area (Å²) in [5, 5.41) is 11.5. The van der Waals surface area contributed by atoms with Gasteiger partial charge in [0.1, 0.15) is 0 Å². The van der Waals surface area contributed by atoms with E-state index >= 15 is 0 Å². The van der Waals surface area contributed by atoms with Crippen LogP contribution in [-0.4, -0.2) is 11.1 Å². The summed E-state index contributed by atoms with van der Waals surface area (Å²) in [5.74, 6) is -0.952. The van der Waals surface area contributed by atoms with E-state index in [9.17, 15) is 4.79 Å². The molecule has 0 amide bonds. The molecular formula is C12H15NO2. The molecular weight excluding hydrogens is 190 g/mol. The van der Waals surface area contributed by atoms with Crippen molar-refractivity contribution in [3.8, 4) is 0 Å². The lowest BCUT2D eigenvalue weighted by atomic mass is 9.95. The SMILES string of the molecule is CC(C)(N/C=C/C(=O)O)c1ccccc1. The summed E-state index contributed by atoms with van der Waals surface area (Å²) in [6, 6.07) is 9.87. The average molecular weight is 205 g/mol. The van der Waals surface area contributed by atoms with Crippen LogP contribution < -0.4 is 5.32 Å². The molecule has 15 heavy (non-hydrogen) atoms. The quantitative estimate of drug-likeness (QED) is 0.740. The number of nitrogens with one attached hydrogen (secondary N) is 1. The van der Waals surface area contributed by atoms with Gasteiger partial charge in [-0.2, -0.15) is 0 Å². The zero-order chi connectivity index (χ0) is 11.3.